The lowest BCUT2D eigenvalue weighted by Crippen LogP contribution is -2.63. The Morgan fingerprint density at radius 1 is 0.818 bits per heavy atom. The molecule has 0 aromatic heterocycles. The summed E-state index contributed by atoms with van der Waals surface area (Å²) >= 11 is 0. The summed E-state index contributed by atoms with van der Waals surface area (Å²) in [6.07, 6.45) is 11.5. The molecule has 0 spiro atoms. The SMILES string of the molecule is CC(C)(O)C1CCCC2CC3CCCCC3CC21C(C)(C)O. The first kappa shape index (κ1) is 16.8. The Morgan fingerprint density at radius 3 is 2.05 bits per heavy atom. The van der Waals surface area contributed by atoms with Gasteiger partial charge in [0.2, 0.25) is 0 Å². The van der Waals surface area contributed by atoms with E-state index in [1.54, 1.807) is 0 Å². The Bertz CT molecular complexity index is 403. The monoisotopic (exact) mass is 308 g/mol. The molecular weight excluding hydrogens is 272 g/mol. The lowest BCUT2D eigenvalue weighted by molar-refractivity contribution is -0.223. The predicted molar refractivity (Wildman–Crippen MR) is 90.5 cm³/mol. The van der Waals surface area contributed by atoms with Crippen molar-refractivity contribution in [1.29, 1.82) is 0 Å². The second-order valence-corrected chi connectivity index (χ2v) is 9.68. The lowest BCUT2D eigenvalue weighted by Gasteiger charge is -2.64. The molecule has 3 rings (SSSR count). The molecule has 5 atom stereocenters. The fourth-order valence-electron chi connectivity index (χ4n) is 6.83. The van der Waals surface area contributed by atoms with Crippen molar-refractivity contribution in [2.24, 2.45) is 29.1 Å². The largest absolute Gasteiger partial charge is 0.390 e. The lowest BCUT2D eigenvalue weighted by atomic mass is 9.42. The highest BCUT2D eigenvalue weighted by Crippen LogP contribution is 2.65. The van der Waals surface area contributed by atoms with E-state index in [4.69, 9.17) is 0 Å². The number of hydrogen-bond donors (Lipinski definition) is 2. The van der Waals surface area contributed by atoms with Crippen LogP contribution in [0.1, 0.15) is 85.5 Å². The van der Waals surface area contributed by atoms with E-state index >= 15 is 0 Å². The van der Waals surface area contributed by atoms with Crippen molar-refractivity contribution < 1.29 is 10.2 Å². The van der Waals surface area contributed by atoms with Crippen LogP contribution in [0.25, 0.3) is 0 Å². The summed E-state index contributed by atoms with van der Waals surface area (Å²) in [6, 6.07) is 0. The molecule has 3 saturated carbocycles. The number of hydrogen-bond acceptors (Lipinski definition) is 2. The quantitative estimate of drug-likeness (QED) is 0.786. The van der Waals surface area contributed by atoms with Gasteiger partial charge in [-0.25, -0.2) is 0 Å². The molecule has 128 valence electrons. The zero-order chi connectivity index (χ0) is 16.2. The van der Waals surface area contributed by atoms with E-state index < -0.39 is 11.2 Å². The van der Waals surface area contributed by atoms with Crippen LogP contribution in [-0.2, 0) is 0 Å². The summed E-state index contributed by atoms with van der Waals surface area (Å²) < 4.78 is 0. The van der Waals surface area contributed by atoms with E-state index in [1.165, 1.54) is 44.9 Å². The molecule has 2 nitrogen and oxygen atoms in total. The van der Waals surface area contributed by atoms with Gasteiger partial charge in [-0.15, -0.1) is 0 Å². The smallest absolute Gasteiger partial charge is 0.0654 e. The molecule has 0 bridgehead atoms. The van der Waals surface area contributed by atoms with Crippen LogP contribution in [0.3, 0.4) is 0 Å². The van der Waals surface area contributed by atoms with Crippen LogP contribution in [0.15, 0.2) is 0 Å². The molecule has 3 aliphatic rings. The van der Waals surface area contributed by atoms with Gasteiger partial charge in [0.15, 0.2) is 0 Å². The van der Waals surface area contributed by atoms with Crippen LogP contribution in [0.5, 0.6) is 0 Å². The maximum atomic E-state index is 11.2. The molecule has 22 heavy (non-hydrogen) atoms. The van der Waals surface area contributed by atoms with E-state index in [0.29, 0.717) is 5.92 Å². The van der Waals surface area contributed by atoms with E-state index in [1.807, 2.05) is 27.7 Å². The van der Waals surface area contributed by atoms with Crippen LogP contribution in [0.4, 0.5) is 0 Å². The van der Waals surface area contributed by atoms with Gasteiger partial charge in [-0.05, 0) is 77.0 Å². The zero-order valence-corrected chi connectivity index (χ0v) is 15.1. The number of rotatable bonds is 2. The maximum absolute atomic E-state index is 11.2. The fourth-order valence-corrected chi connectivity index (χ4v) is 6.83. The normalized spacial score (nSPS) is 43.4. The molecular formula is C20H36O2. The third kappa shape index (κ3) is 2.55. The summed E-state index contributed by atoms with van der Waals surface area (Å²) in [5, 5.41) is 22.1. The Kier molecular flexibility index (Phi) is 4.18. The van der Waals surface area contributed by atoms with Crippen LogP contribution < -0.4 is 0 Å². The second-order valence-electron chi connectivity index (χ2n) is 9.68. The molecule has 2 N–H and O–H groups in total. The highest BCUT2D eigenvalue weighted by Gasteiger charge is 2.62. The van der Waals surface area contributed by atoms with Gasteiger partial charge in [0.05, 0.1) is 11.2 Å². The van der Waals surface area contributed by atoms with Crippen LogP contribution in [-0.4, -0.2) is 21.4 Å². The molecule has 0 radical (unpaired) electrons. The van der Waals surface area contributed by atoms with Gasteiger partial charge in [-0.1, -0.05) is 32.1 Å². The highest BCUT2D eigenvalue weighted by atomic mass is 16.3. The Labute approximate surface area is 136 Å². The van der Waals surface area contributed by atoms with Gasteiger partial charge in [0.1, 0.15) is 0 Å². The van der Waals surface area contributed by atoms with Crippen molar-refractivity contribution in [1.82, 2.24) is 0 Å². The van der Waals surface area contributed by atoms with Gasteiger partial charge < -0.3 is 10.2 Å². The summed E-state index contributed by atoms with van der Waals surface area (Å²) in [5.41, 5.74) is -1.49. The third-order valence-corrected chi connectivity index (χ3v) is 7.64. The van der Waals surface area contributed by atoms with Crippen molar-refractivity contribution in [3.63, 3.8) is 0 Å². The topological polar surface area (TPSA) is 40.5 Å². The summed E-state index contributed by atoms with van der Waals surface area (Å²) in [4.78, 5) is 0. The maximum Gasteiger partial charge on any atom is 0.0654 e. The van der Waals surface area contributed by atoms with Gasteiger partial charge in [0, 0.05) is 5.41 Å². The molecule has 0 aromatic carbocycles. The van der Waals surface area contributed by atoms with Crippen LogP contribution in [0, 0.1) is 29.1 Å². The first-order valence-electron chi connectivity index (χ1n) is 9.61. The van der Waals surface area contributed by atoms with Gasteiger partial charge in [0.25, 0.3) is 0 Å². The molecule has 2 heteroatoms. The third-order valence-electron chi connectivity index (χ3n) is 7.64. The van der Waals surface area contributed by atoms with Crippen molar-refractivity contribution >= 4 is 0 Å². The highest BCUT2D eigenvalue weighted by molar-refractivity contribution is 5.11. The Hall–Kier alpha value is -0.0800. The van der Waals surface area contributed by atoms with Crippen LogP contribution >= 0.6 is 0 Å². The van der Waals surface area contributed by atoms with Crippen molar-refractivity contribution in [3.05, 3.63) is 0 Å². The molecule has 0 heterocycles. The van der Waals surface area contributed by atoms with Crippen molar-refractivity contribution in [2.45, 2.75) is 96.7 Å². The molecule has 3 fully saturated rings. The van der Waals surface area contributed by atoms with E-state index in [-0.39, 0.29) is 11.3 Å². The standard InChI is InChI=1S/C20H36O2/c1-18(2,21)17-11-7-10-16-12-14-8-5-6-9-15(14)13-20(16,17)19(3,4)22/h14-17,21-22H,5-13H2,1-4H3. The Balaban J connectivity index is 2.02. The fraction of sp³-hybridized carbons (Fsp3) is 1.00. The minimum atomic E-state index is -0.703. The second kappa shape index (κ2) is 5.48. The number of fused-ring (bicyclic) bond motifs is 2. The van der Waals surface area contributed by atoms with Crippen molar-refractivity contribution in [2.75, 3.05) is 0 Å². The minimum absolute atomic E-state index is 0.0952. The van der Waals surface area contributed by atoms with E-state index in [2.05, 4.69) is 0 Å². The molecule has 0 aliphatic heterocycles. The summed E-state index contributed by atoms with van der Waals surface area (Å²) in [7, 11) is 0. The summed E-state index contributed by atoms with van der Waals surface area (Å²) in [5.74, 6) is 2.48. The predicted octanol–water partition coefficient (Wildman–Crippen LogP) is 4.53. The number of aliphatic hydroxyl groups is 2. The van der Waals surface area contributed by atoms with Crippen molar-refractivity contribution in [3.8, 4) is 0 Å². The molecule has 0 amide bonds. The van der Waals surface area contributed by atoms with Gasteiger partial charge in [-0.2, -0.15) is 0 Å². The molecule has 3 aliphatic carbocycles. The molecule has 0 saturated heterocycles. The summed E-state index contributed by atoms with van der Waals surface area (Å²) in [6.45, 7) is 7.99. The van der Waals surface area contributed by atoms with E-state index in [9.17, 15) is 10.2 Å². The van der Waals surface area contributed by atoms with Gasteiger partial charge >= 0.3 is 0 Å². The minimum Gasteiger partial charge on any atom is -0.390 e. The zero-order valence-electron chi connectivity index (χ0n) is 15.1. The molecule has 5 unspecified atom stereocenters. The average molecular weight is 309 g/mol. The van der Waals surface area contributed by atoms with Gasteiger partial charge in [-0.3, -0.25) is 0 Å². The Morgan fingerprint density at radius 2 is 1.45 bits per heavy atom. The molecule has 0 aromatic rings. The average Bonchev–Trinajstić information content (AvgIpc) is 2.42. The first-order chi connectivity index (χ1) is 10.2. The van der Waals surface area contributed by atoms with E-state index in [0.717, 1.165) is 24.7 Å². The van der Waals surface area contributed by atoms with Crippen LogP contribution in [0.2, 0.25) is 0 Å². The first-order valence-corrected chi connectivity index (χ1v) is 9.61.